The van der Waals surface area contributed by atoms with Gasteiger partial charge in [-0.05, 0) is 51.4 Å². The molecule has 0 aliphatic carbocycles. The van der Waals surface area contributed by atoms with Gasteiger partial charge in [0.2, 0.25) is 0 Å². The number of rotatable bonds is 4. The molecule has 19 heavy (non-hydrogen) atoms. The van der Waals surface area contributed by atoms with Crippen molar-refractivity contribution in [2.75, 3.05) is 6.54 Å². The average molecular weight is 257 g/mol. The van der Waals surface area contributed by atoms with Gasteiger partial charge in [-0.2, -0.15) is 5.10 Å². The van der Waals surface area contributed by atoms with Gasteiger partial charge < -0.3 is 5.32 Å². The Morgan fingerprint density at radius 3 is 2.47 bits per heavy atom. The predicted molar refractivity (Wildman–Crippen MR) is 79.9 cm³/mol. The number of benzene rings is 1. The Hall–Kier alpha value is -1.61. The van der Waals surface area contributed by atoms with Gasteiger partial charge in [-0.25, -0.2) is 4.68 Å². The first-order valence-corrected chi connectivity index (χ1v) is 6.91. The van der Waals surface area contributed by atoms with Crippen molar-refractivity contribution in [3.05, 3.63) is 46.8 Å². The van der Waals surface area contributed by atoms with E-state index in [2.05, 4.69) is 74.0 Å². The Kier molecular flexibility index (Phi) is 4.05. The summed E-state index contributed by atoms with van der Waals surface area (Å²) in [5.74, 6) is 0. The fourth-order valence-corrected chi connectivity index (χ4v) is 2.42. The molecule has 0 saturated heterocycles. The van der Waals surface area contributed by atoms with Crippen molar-refractivity contribution in [3.8, 4) is 5.69 Å². The van der Waals surface area contributed by atoms with E-state index >= 15 is 0 Å². The topological polar surface area (TPSA) is 29.9 Å². The molecular formula is C16H23N3. The summed E-state index contributed by atoms with van der Waals surface area (Å²) in [4.78, 5) is 0. The first-order valence-electron chi connectivity index (χ1n) is 6.91. The summed E-state index contributed by atoms with van der Waals surface area (Å²) in [6.45, 7) is 11.6. The molecule has 102 valence electrons. The van der Waals surface area contributed by atoms with E-state index in [1.54, 1.807) is 0 Å². The Morgan fingerprint density at radius 2 is 1.89 bits per heavy atom. The van der Waals surface area contributed by atoms with Crippen LogP contribution in [0.4, 0.5) is 0 Å². The molecule has 0 amide bonds. The summed E-state index contributed by atoms with van der Waals surface area (Å²) in [5.41, 5.74) is 6.04. The average Bonchev–Trinajstić information content (AvgIpc) is 2.67. The monoisotopic (exact) mass is 257 g/mol. The highest BCUT2D eigenvalue weighted by molar-refractivity contribution is 5.45. The van der Waals surface area contributed by atoms with E-state index in [1.165, 1.54) is 22.5 Å². The SMILES string of the molecule is CCNC(C)c1ccccc1-n1nc(C)c(C)c1C. The summed E-state index contributed by atoms with van der Waals surface area (Å²) in [6.07, 6.45) is 0. The molecule has 0 bridgehead atoms. The smallest absolute Gasteiger partial charge is 0.0696 e. The van der Waals surface area contributed by atoms with Crippen LogP contribution in [0.1, 0.15) is 42.4 Å². The zero-order chi connectivity index (χ0) is 14.0. The van der Waals surface area contributed by atoms with E-state index in [0.29, 0.717) is 6.04 Å². The maximum Gasteiger partial charge on any atom is 0.0696 e. The lowest BCUT2D eigenvalue weighted by atomic mass is 10.1. The fourth-order valence-electron chi connectivity index (χ4n) is 2.42. The molecule has 1 atom stereocenters. The highest BCUT2D eigenvalue weighted by Crippen LogP contribution is 2.24. The maximum absolute atomic E-state index is 4.67. The third kappa shape index (κ3) is 2.56. The number of aryl methyl sites for hydroxylation is 1. The largest absolute Gasteiger partial charge is 0.310 e. The van der Waals surface area contributed by atoms with Crippen LogP contribution in [-0.2, 0) is 0 Å². The van der Waals surface area contributed by atoms with Crippen molar-refractivity contribution >= 4 is 0 Å². The molecule has 3 heteroatoms. The zero-order valence-electron chi connectivity index (χ0n) is 12.5. The lowest BCUT2D eigenvalue weighted by Crippen LogP contribution is -2.19. The molecule has 1 unspecified atom stereocenters. The highest BCUT2D eigenvalue weighted by atomic mass is 15.3. The minimum absolute atomic E-state index is 0.324. The highest BCUT2D eigenvalue weighted by Gasteiger charge is 2.14. The molecular weight excluding hydrogens is 234 g/mol. The second-order valence-corrected chi connectivity index (χ2v) is 5.05. The normalized spacial score (nSPS) is 12.7. The third-order valence-corrected chi connectivity index (χ3v) is 3.79. The van der Waals surface area contributed by atoms with E-state index in [4.69, 9.17) is 0 Å². The first-order chi connectivity index (χ1) is 9.06. The predicted octanol–water partition coefficient (Wildman–Crippen LogP) is 3.47. The van der Waals surface area contributed by atoms with Crippen LogP contribution in [0.25, 0.3) is 5.69 Å². The van der Waals surface area contributed by atoms with Crippen LogP contribution in [0, 0.1) is 20.8 Å². The van der Waals surface area contributed by atoms with Crippen molar-refractivity contribution in [2.24, 2.45) is 0 Å². The van der Waals surface area contributed by atoms with Gasteiger partial charge in [-0.15, -0.1) is 0 Å². The summed E-state index contributed by atoms with van der Waals surface area (Å²) in [7, 11) is 0. The molecule has 0 radical (unpaired) electrons. The van der Waals surface area contributed by atoms with Crippen LogP contribution in [0.2, 0.25) is 0 Å². The molecule has 1 heterocycles. The zero-order valence-corrected chi connectivity index (χ0v) is 12.5. The van der Waals surface area contributed by atoms with E-state index < -0.39 is 0 Å². The number of nitrogens with one attached hydrogen (secondary N) is 1. The summed E-state index contributed by atoms with van der Waals surface area (Å²) >= 11 is 0. The number of para-hydroxylation sites is 1. The molecule has 0 aliphatic heterocycles. The third-order valence-electron chi connectivity index (χ3n) is 3.79. The molecule has 0 aliphatic rings. The molecule has 1 aromatic carbocycles. The molecule has 0 spiro atoms. The number of hydrogen-bond donors (Lipinski definition) is 1. The van der Waals surface area contributed by atoms with Crippen molar-refractivity contribution in [1.29, 1.82) is 0 Å². The Balaban J connectivity index is 2.53. The molecule has 3 nitrogen and oxygen atoms in total. The standard InChI is InChI=1S/C16H23N3/c1-6-17-13(4)15-9-7-8-10-16(15)19-14(5)11(2)12(3)18-19/h7-10,13,17H,6H2,1-5H3. The van der Waals surface area contributed by atoms with Gasteiger partial charge in [0.15, 0.2) is 0 Å². The van der Waals surface area contributed by atoms with Crippen LogP contribution >= 0.6 is 0 Å². The fraction of sp³-hybridized carbons (Fsp3) is 0.438. The van der Waals surface area contributed by atoms with Gasteiger partial charge in [0, 0.05) is 11.7 Å². The van der Waals surface area contributed by atoms with Crippen molar-refractivity contribution < 1.29 is 0 Å². The summed E-state index contributed by atoms with van der Waals surface area (Å²) < 4.78 is 2.06. The van der Waals surface area contributed by atoms with Crippen LogP contribution in [-0.4, -0.2) is 16.3 Å². The maximum atomic E-state index is 4.67. The van der Waals surface area contributed by atoms with Crippen molar-refractivity contribution in [2.45, 2.75) is 40.7 Å². The second kappa shape index (κ2) is 5.57. The van der Waals surface area contributed by atoms with Crippen LogP contribution < -0.4 is 5.32 Å². The van der Waals surface area contributed by atoms with E-state index in [0.717, 1.165) is 12.2 Å². The molecule has 0 saturated carbocycles. The number of nitrogens with zero attached hydrogens (tertiary/aromatic N) is 2. The molecule has 2 aromatic rings. The minimum atomic E-state index is 0.324. The quantitative estimate of drug-likeness (QED) is 0.909. The van der Waals surface area contributed by atoms with Gasteiger partial charge >= 0.3 is 0 Å². The van der Waals surface area contributed by atoms with Gasteiger partial charge in [-0.3, -0.25) is 0 Å². The summed E-state index contributed by atoms with van der Waals surface area (Å²) in [5, 5.41) is 8.14. The van der Waals surface area contributed by atoms with Crippen LogP contribution in [0.5, 0.6) is 0 Å². The molecule has 1 aromatic heterocycles. The number of hydrogen-bond acceptors (Lipinski definition) is 2. The van der Waals surface area contributed by atoms with Crippen LogP contribution in [0.15, 0.2) is 24.3 Å². The van der Waals surface area contributed by atoms with Gasteiger partial charge in [0.05, 0.1) is 11.4 Å². The van der Waals surface area contributed by atoms with E-state index in [9.17, 15) is 0 Å². The second-order valence-electron chi connectivity index (χ2n) is 5.05. The van der Waals surface area contributed by atoms with Gasteiger partial charge in [0.1, 0.15) is 0 Å². The van der Waals surface area contributed by atoms with Crippen molar-refractivity contribution in [3.63, 3.8) is 0 Å². The molecule has 0 fully saturated rings. The van der Waals surface area contributed by atoms with Gasteiger partial charge in [0.25, 0.3) is 0 Å². The molecule has 2 rings (SSSR count). The van der Waals surface area contributed by atoms with Crippen LogP contribution in [0.3, 0.4) is 0 Å². The van der Waals surface area contributed by atoms with Gasteiger partial charge in [-0.1, -0.05) is 25.1 Å². The first kappa shape index (κ1) is 13.8. The lowest BCUT2D eigenvalue weighted by Gasteiger charge is -2.18. The Labute approximate surface area is 115 Å². The summed E-state index contributed by atoms with van der Waals surface area (Å²) in [6, 6.07) is 8.80. The Morgan fingerprint density at radius 1 is 1.21 bits per heavy atom. The van der Waals surface area contributed by atoms with Crippen molar-refractivity contribution in [1.82, 2.24) is 15.1 Å². The minimum Gasteiger partial charge on any atom is -0.310 e. The van der Waals surface area contributed by atoms with E-state index in [-0.39, 0.29) is 0 Å². The number of aromatic nitrogens is 2. The lowest BCUT2D eigenvalue weighted by molar-refractivity contribution is 0.592. The Bertz CT molecular complexity index is 569. The van der Waals surface area contributed by atoms with E-state index in [1.807, 2.05) is 0 Å². The molecule has 1 N–H and O–H groups in total.